The van der Waals surface area contributed by atoms with Crippen LogP contribution < -0.4 is 0 Å². The SMILES string of the molecule is COC(=O)[C@H]1[C@H](S(=O)(=O)c2ccccc2)[C@H]2CC(=O)[C@@H]1C2. The fraction of sp³-hybridized carbons (Fsp3) is 0.467. The number of Topliss-reactive ketones (excluding diaryl/α,β-unsaturated/α-hetero) is 1. The first-order valence-corrected chi connectivity index (χ1v) is 8.41. The van der Waals surface area contributed by atoms with E-state index in [1.54, 1.807) is 18.2 Å². The van der Waals surface area contributed by atoms with Crippen molar-refractivity contribution in [2.24, 2.45) is 17.8 Å². The van der Waals surface area contributed by atoms with Gasteiger partial charge in [-0.1, -0.05) is 18.2 Å². The van der Waals surface area contributed by atoms with Crippen LogP contribution in [-0.4, -0.2) is 32.5 Å². The third-order valence-electron chi connectivity index (χ3n) is 4.59. The maximum atomic E-state index is 12.8. The number of sulfone groups is 1. The Bertz CT molecular complexity index is 679. The highest BCUT2D eigenvalue weighted by Gasteiger charge is 2.60. The Hall–Kier alpha value is -1.69. The fourth-order valence-corrected chi connectivity index (χ4v) is 5.97. The van der Waals surface area contributed by atoms with Gasteiger partial charge in [0.1, 0.15) is 5.78 Å². The van der Waals surface area contributed by atoms with Crippen LogP contribution in [0.2, 0.25) is 0 Å². The number of hydrogen-bond acceptors (Lipinski definition) is 5. The maximum Gasteiger partial charge on any atom is 0.310 e. The second-order valence-corrected chi connectivity index (χ2v) is 7.75. The molecule has 6 heteroatoms. The highest BCUT2D eigenvalue weighted by atomic mass is 32.2. The number of benzene rings is 1. The molecule has 21 heavy (non-hydrogen) atoms. The third-order valence-corrected chi connectivity index (χ3v) is 6.91. The minimum Gasteiger partial charge on any atom is -0.469 e. The summed E-state index contributed by atoms with van der Waals surface area (Å²) in [5, 5.41) is -0.852. The second-order valence-electron chi connectivity index (χ2n) is 5.64. The average Bonchev–Trinajstić information content (AvgIpc) is 3.04. The van der Waals surface area contributed by atoms with Crippen LogP contribution in [0.15, 0.2) is 35.2 Å². The van der Waals surface area contributed by atoms with Crippen molar-refractivity contribution in [1.82, 2.24) is 0 Å². The predicted octanol–water partition coefficient (Wildman–Crippen LogP) is 1.23. The van der Waals surface area contributed by atoms with Crippen LogP contribution in [0, 0.1) is 17.8 Å². The van der Waals surface area contributed by atoms with Gasteiger partial charge < -0.3 is 4.74 Å². The number of carbonyl (C=O) groups is 2. The zero-order valence-corrected chi connectivity index (χ0v) is 12.4. The number of esters is 1. The molecule has 2 saturated carbocycles. The summed E-state index contributed by atoms with van der Waals surface area (Å²) in [6.07, 6.45) is 0.713. The Labute approximate surface area is 123 Å². The van der Waals surface area contributed by atoms with Crippen LogP contribution in [0.5, 0.6) is 0 Å². The van der Waals surface area contributed by atoms with Crippen molar-refractivity contribution in [3.05, 3.63) is 30.3 Å². The van der Waals surface area contributed by atoms with Crippen LogP contribution >= 0.6 is 0 Å². The Morgan fingerprint density at radius 1 is 1.24 bits per heavy atom. The van der Waals surface area contributed by atoms with Crippen LogP contribution in [0.25, 0.3) is 0 Å². The van der Waals surface area contributed by atoms with E-state index in [9.17, 15) is 18.0 Å². The molecule has 1 aromatic rings. The van der Waals surface area contributed by atoms with Crippen LogP contribution in [0.3, 0.4) is 0 Å². The Kier molecular flexibility index (Phi) is 3.36. The van der Waals surface area contributed by atoms with Gasteiger partial charge in [0.2, 0.25) is 0 Å². The fourth-order valence-electron chi connectivity index (χ4n) is 3.72. The molecule has 4 atom stereocenters. The molecule has 5 nitrogen and oxygen atoms in total. The number of carbonyl (C=O) groups excluding carboxylic acids is 2. The maximum absolute atomic E-state index is 12.8. The van der Waals surface area contributed by atoms with Gasteiger partial charge in [0.05, 0.1) is 23.2 Å². The molecule has 2 bridgehead atoms. The second kappa shape index (κ2) is 4.94. The minimum absolute atomic E-state index is 0.0186. The zero-order chi connectivity index (χ0) is 15.2. The summed E-state index contributed by atoms with van der Waals surface area (Å²) in [6, 6.07) is 8.09. The lowest BCUT2D eigenvalue weighted by Crippen LogP contribution is -2.43. The van der Waals surface area contributed by atoms with Gasteiger partial charge in [0.15, 0.2) is 9.84 Å². The van der Waals surface area contributed by atoms with Crippen molar-refractivity contribution < 1.29 is 22.7 Å². The van der Waals surface area contributed by atoms with Gasteiger partial charge in [0, 0.05) is 12.3 Å². The Morgan fingerprint density at radius 2 is 1.90 bits per heavy atom. The minimum atomic E-state index is -3.65. The van der Waals surface area contributed by atoms with E-state index < -0.39 is 32.9 Å². The molecule has 0 unspecified atom stereocenters. The largest absolute Gasteiger partial charge is 0.469 e. The molecule has 0 saturated heterocycles. The average molecular weight is 308 g/mol. The summed E-state index contributed by atoms with van der Waals surface area (Å²) in [4.78, 5) is 24.1. The molecule has 2 aliphatic rings. The summed E-state index contributed by atoms with van der Waals surface area (Å²) in [5.74, 6) is -2.27. The van der Waals surface area contributed by atoms with E-state index in [-0.39, 0.29) is 23.0 Å². The smallest absolute Gasteiger partial charge is 0.310 e. The first kappa shape index (κ1) is 14.3. The van der Waals surface area contributed by atoms with Crippen molar-refractivity contribution in [2.75, 3.05) is 7.11 Å². The molecule has 2 fully saturated rings. The topological polar surface area (TPSA) is 77.5 Å². The van der Waals surface area contributed by atoms with E-state index in [1.807, 2.05) is 0 Å². The number of fused-ring (bicyclic) bond motifs is 2. The van der Waals surface area contributed by atoms with Crippen molar-refractivity contribution in [2.45, 2.75) is 23.0 Å². The number of ketones is 1. The Morgan fingerprint density at radius 3 is 2.52 bits per heavy atom. The molecular weight excluding hydrogens is 292 g/mol. The van der Waals surface area contributed by atoms with E-state index in [4.69, 9.17) is 4.74 Å². The van der Waals surface area contributed by atoms with Crippen LogP contribution in [0.1, 0.15) is 12.8 Å². The van der Waals surface area contributed by atoms with Crippen LogP contribution in [0.4, 0.5) is 0 Å². The molecule has 0 N–H and O–H groups in total. The molecule has 0 amide bonds. The van der Waals surface area contributed by atoms with Gasteiger partial charge in [-0.3, -0.25) is 9.59 Å². The number of hydrogen-bond donors (Lipinski definition) is 0. The van der Waals surface area contributed by atoms with Gasteiger partial charge in [-0.05, 0) is 24.5 Å². The molecule has 0 aromatic heterocycles. The molecule has 0 aliphatic heterocycles. The summed E-state index contributed by atoms with van der Waals surface area (Å²) in [6.45, 7) is 0. The first-order valence-electron chi connectivity index (χ1n) is 6.86. The van der Waals surface area contributed by atoms with E-state index in [0.717, 1.165) is 0 Å². The summed E-state index contributed by atoms with van der Waals surface area (Å²) >= 11 is 0. The molecular formula is C15H16O5S. The number of rotatable bonds is 3. The molecule has 0 heterocycles. The molecule has 0 spiro atoms. The van der Waals surface area contributed by atoms with Gasteiger partial charge in [-0.2, -0.15) is 0 Å². The number of methoxy groups -OCH3 is 1. The quantitative estimate of drug-likeness (QED) is 0.785. The van der Waals surface area contributed by atoms with Crippen molar-refractivity contribution in [1.29, 1.82) is 0 Å². The molecule has 112 valence electrons. The lowest BCUT2D eigenvalue weighted by atomic mass is 9.87. The van der Waals surface area contributed by atoms with Crippen molar-refractivity contribution >= 4 is 21.6 Å². The summed E-state index contributed by atoms with van der Waals surface area (Å²) in [5.41, 5.74) is 0. The monoisotopic (exact) mass is 308 g/mol. The van der Waals surface area contributed by atoms with Crippen molar-refractivity contribution in [3.63, 3.8) is 0 Å². The van der Waals surface area contributed by atoms with Gasteiger partial charge >= 0.3 is 5.97 Å². The lowest BCUT2D eigenvalue weighted by molar-refractivity contribution is -0.149. The van der Waals surface area contributed by atoms with E-state index in [1.165, 1.54) is 19.2 Å². The van der Waals surface area contributed by atoms with Gasteiger partial charge in [0.25, 0.3) is 0 Å². The predicted molar refractivity (Wildman–Crippen MR) is 74.1 cm³/mol. The van der Waals surface area contributed by atoms with E-state index >= 15 is 0 Å². The first-order chi connectivity index (χ1) is 9.96. The van der Waals surface area contributed by atoms with Gasteiger partial charge in [-0.25, -0.2) is 8.42 Å². The highest BCUT2D eigenvalue weighted by Crippen LogP contribution is 2.51. The normalized spacial score (nSPS) is 31.4. The lowest BCUT2D eigenvalue weighted by Gasteiger charge is -2.28. The Balaban J connectivity index is 2.04. The molecule has 0 radical (unpaired) electrons. The van der Waals surface area contributed by atoms with E-state index in [2.05, 4.69) is 0 Å². The molecule has 1 aromatic carbocycles. The van der Waals surface area contributed by atoms with E-state index in [0.29, 0.717) is 6.42 Å². The van der Waals surface area contributed by atoms with Gasteiger partial charge in [-0.15, -0.1) is 0 Å². The van der Waals surface area contributed by atoms with Crippen LogP contribution in [-0.2, 0) is 24.2 Å². The highest BCUT2D eigenvalue weighted by molar-refractivity contribution is 7.92. The molecule has 3 rings (SSSR count). The standard InChI is InChI=1S/C15H16O5S/c1-20-15(17)13-11-7-9(8-12(11)16)14(13)21(18,19)10-5-3-2-4-6-10/h2-6,9,11,13-14H,7-8H2,1H3/t9-,11+,13-,14-/m1/s1. The zero-order valence-electron chi connectivity index (χ0n) is 11.6. The number of ether oxygens (including phenoxy) is 1. The molecule has 2 aliphatic carbocycles. The third kappa shape index (κ3) is 2.09. The summed E-state index contributed by atoms with van der Waals surface area (Å²) in [7, 11) is -2.42. The van der Waals surface area contributed by atoms with Crippen molar-refractivity contribution in [3.8, 4) is 0 Å². The summed E-state index contributed by atoms with van der Waals surface area (Å²) < 4.78 is 30.4.